The second kappa shape index (κ2) is 10.2. The van der Waals surface area contributed by atoms with Crippen LogP contribution in [0.1, 0.15) is 31.5 Å². The molecule has 9 heteroatoms. The minimum atomic E-state index is -0.228. The van der Waals surface area contributed by atoms with Crippen molar-refractivity contribution in [2.45, 2.75) is 25.8 Å². The lowest BCUT2D eigenvalue weighted by molar-refractivity contribution is -0.146. The van der Waals surface area contributed by atoms with Gasteiger partial charge in [0.05, 0.1) is 47.0 Å². The number of hydrogen-bond acceptors (Lipinski definition) is 7. The van der Waals surface area contributed by atoms with Gasteiger partial charge in [0.25, 0.3) is 5.56 Å². The molecule has 1 aliphatic heterocycles. The van der Waals surface area contributed by atoms with E-state index in [9.17, 15) is 9.59 Å². The molecule has 1 aliphatic rings. The third-order valence-corrected chi connectivity index (χ3v) is 7.51. The maximum atomic E-state index is 13.5. The first-order chi connectivity index (χ1) is 19.0. The van der Waals surface area contributed by atoms with Gasteiger partial charge in [0, 0.05) is 30.4 Å². The zero-order valence-electron chi connectivity index (χ0n) is 21.9. The van der Waals surface area contributed by atoms with Crippen LogP contribution in [0.25, 0.3) is 33.3 Å². The summed E-state index contributed by atoms with van der Waals surface area (Å²) in [7, 11) is 1.44. The Morgan fingerprint density at radius 3 is 2.62 bits per heavy atom. The number of methoxy groups -OCH3 is 1. The average Bonchev–Trinajstić information content (AvgIpc) is 3.40. The molecule has 6 rings (SSSR count). The molecule has 1 saturated heterocycles. The fraction of sp³-hybridized carbons (Fsp3) is 0.267. The Morgan fingerprint density at radius 1 is 1.05 bits per heavy atom. The number of anilines is 2. The number of piperidine rings is 1. The van der Waals surface area contributed by atoms with Gasteiger partial charge in [0.1, 0.15) is 11.4 Å². The number of fused-ring (bicyclic) bond motifs is 2. The number of rotatable bonds is 6. The minimum absolute atomic E-state index is 0.0484. The van der Waals surface area contributed by atoms with Crippen molar-refractivity contribution < 1.29 is 9.53 Å². The number of imidazole rings is 1. The second-order valence-corrected chi connectivity index (χ2v) is 9.94. The maximum absolute atomic E-state index is 13.5. The number of nitrogens with one attached hydrogen (secondary N) is 3. The van der Waals surface area contributed by atoms with Crippen molar-refractivity contribution in [2.75, 3.05) is 30.4 Å². The molecule has 2 aromatic carbocycles. The molecule has 1 fully saturated rings. The van der Waals surface area contributed by atoms with Crippen molar-refractivity contribution in [3.05, 3.63) is 82.9 Å². The van der Waals surface area contributed by atoms with Gasteiger partial charge in [0.2, 0.25) is 0 Å². The molecular formula is C30H30N6O3. The van der Waals surface area contributed by atoms with Crippen molar-refractivity contribution in [1.29, 1.82) is 0 Å². The molecule has 3 aromatic heterocycles. The summed E-state index contributed by atoms with van der Waals surface area (Å²) in [4.78, 5) is 43.4. The highest BCUT2D eigenvalue weighted by Gasteiger charge is 2.26. The standard InChI is InChI=1S/C30H30N6O3/c1-18(22-8-5-6-14-31-22)32-27-21-7-3-4-9-23(21)35-29(37)26(27)28-33-24-11-10-20(17-25(24)34-28)36-15-12-19(13-16-36)30(38)39-2/h3-11,14,17-19H,12-13,15-16H2,1-2H3,(H,33,34)(H2,32,35,37)/t18-/m0/s1. The number of aromatic amines is 2. The quantitative estimate of drug-likeness (QED) is 0.268. The molecule has 1 atom stereocenters. The molecule has 198 valence electrons. The molecule has 0 amide bonds. The van der Waals surface area contributed by atoms with Crippen LogP contribution in [0.15, 0.2) is 71.7 Å². The van der Waals surface area contributed by atoms with E-state index in [-0.39, 0.29) is 23.5 Å². The van der Waals surface area contributed by atoms with Gasteiger partial charge >= 0.3 is 5.97 Å². The normalized spacial score (nSPS) is 15.0. The Kier molecular flexibility index (Phi) is 6.48. The summed E-state index contributed by atoms with van der Waals surface area (Å²) in [6, 6.07) is 19.5. The fourth-order valence-electron chi connectivity index (χ4n) is 5.39. The van der Waals surface area contributed by atoms with Crippen molar-refractivity contribution in [3.63, 3.8) is 0 Å². The minimum Gasteiger partial charge on any atom is -0.469 e. The molecule has 0 saturated carbocycles. The molecule has 0 unspecified atom stereocenters. The number of nitrogens with zero attached hydrogens (tertiary/aromatic N) is 3. The largest absolute Gasteiger partial charge is 0.469 e. The number of H-pyrrole nitrogens is 2. The number of pyridine rings is 2. The lowest BCUT2D eigenvalue weighted by Gasteiger charge is -2.32. The molecule has 0 aliphatic carbocycles. The van der Waals surface area contributed by atoms with Gasteiger partial charge in [-0.2, -0.15) is 0 Å². The van der Waals surface area contributed by atoms with Crippen LogP contribution in [0.3, 0.4) is 0 Å². The smallest absolute Gasteiger partial charge is 0.308 e. The van der Waals surface area contributed by atoms with Gasteiger partial charge < -0.3 is 24.9 Å². The Hall–Kier alpha value is -4.66. The fourth-order valence-corrected chi connectivity index (χ4v) is 5.39. The first kappa shape index (κ1) is 24.7. The lowest BCUT2D eigenvalue weighted by Crippen LogP contribution is -2.36. The summed E-state index contributed by atoms with van der Waals surface area (Å²) >= 11 is 0. The number of carbonyl (C=O) groups is 1. The van der Waals surface area contributed by atoms with Crippen LogP contribution in [0.2, 0.25) is 0 Å². The van der Waals surface area contributed by atoms with Crippen LogP contribution in [0, 0.1) is 5.92 Å². The summed E-state index contributed by atoms with van der Waals surface area (Å²) in [5.41, 5.74) is 5.21. The summed E-state index contributed by atoms with van der Waals surface area (Å²) < 4.78 is 4.92. The monoisotopic (exact) mass is 522 g/mol. The van der Waals surface area contributed by atoms with Crippen molar-refractivity contribution in [1.82, 2.24) is 19.9 Å². The van der Waals surface area contributed by atoms with Gasteiger partial charge in [0.15, 0.2) is 0 Å². The van der Waals surface area contributed by atoms with Crippen LogP contribution >= 0.6 is 0 Å². The zero-order chi connectivity index (χ0) is 26.9. The number of carbonyl (C=O) groups excluding carboxylic acids is 1. The van der Waals surface area contributed by atoms with Gasteiger partial charge in [-0.3, -0.25) is 14.6 Å². The first-order valence-electron chi connectivity index (χ1n) is 13.2. The topological polar surface area (TPSA) is 116 Å². The number of hydrogen-bond donors (Lipinski definition) is 3. The average molecular weight is 523 g/mol. The van der Waals surface area contributed by atoms with E-state index in [1.165, 1.54) is 7.11 Å². The molecule has 9 nitrogen and oxygen atoms in total. The number of benzene rings is 2. The third-order valence-electron chi connectivity index (χ3n) is 7.51. The predicted octanol–water partition coefficient (Wildman–Crippen LogP) is 5.03. The van der Waals surface area contributed by atoms with Crippen LogP contribution in [-0.2, 0) is 9.53 Å². The molecule has 0 spiro atoms. The van der Waals surface area contributed by atoms with E-state index >= 15 is 0 Å². The Labute approximate surface area is 225 Å². The number of esters is 1. The molecule has 0 bridgehead atoms. The third kappa shape index (κ3) is 4.71. The van der Waals surface area contributed by atoms with E-state index in [4.69, 9.17) is 9.72 Å². The molecule has 39 heavy (non-hydrogen) atoms. The van der Waals surface area contributed by atoms with Crippen LogP contribution in [0.4, 0.5) is 11.4 Å². The highest BCUT2D eigenvalue weighted by Crippen LogP contribution is 2.34. The van der Waals surface area contributed by atoms with Gasteiger partial charge in [-0.1, -0.05) is 24.3 Å². The summed E-state index contributed by atoms with van der Waals surface area (Å²) in [5, 5.41) is 4.44. The summed E-state index contributed by atoms with van der Waals surface area (Å²) in [6.07, 6.45) is 3.28. The van der Waals surface area contributed by atoms with E-state index in [1.807, 2.05) is 61.5 Å². The number of ether oxygens (including phenoxy) is 1. The second-order valence-electron chi connectivity index (χ2n) is 9.94. The lowest BCUT2D eigenvalue weighted by atomic mass is 9.96. The first-order valence-corrected chi connectivity index (χ1v) is 13.2. The van der Waals surface area contributed by atoms with Gasteiger partial charge in [-0.25, -0.2) is 4.98 Å². The van der Waals surface area contributed by atoms with Crippen LogP contribution in [-0.4, -0.2) is 46.1 Å². The number of para-hydroxylation sites is 1. The highest BCUT2D eigenvalue weighted by molar-refractivity contribution is 5.99. The Balaban J connectivity index is 1.38. The Morgan fingerprint density at radius 2 is 1.85 bits per heavy atom. The molecular weight excluding hydrogens is 492 g/mol. The van der Waals surface area contributed by atoms with Crippen molar-refractivity contribution >= 4 is 39.3 Å². The van der Waals surface area contributed by atoms with E-state index in [0.717, 1.165) is 59.2 Å². The van der Waals surface area contributed by atoms with Crippen LogP contribution < -0.4 is 15.8 Å². The molecule has 3 N–H and O–H groups in total. The van der Waals surface area contributed by atoms with Crippen molar-refractivity contribution in [3.8, 4) is 11.4 Å². The SMILES string of the molecule is COC(=O)C1CCN(c2ccc3nc(-c4c(N[C@@H](C)c5ccccn5)c5ccccc5[nH]c4=O)[nH]c3c2)CC1. The zero-order valence-corrected chi connectivity index (χ0v) is 21.9. The van der Waals surface area contributed by atoms with Gasteiger partial charge in [-0.15, -0.1) is 0 Å². The Bertz CT molecular complexity index is 1700. The van der Waals surface area contributed by atoms with Crippen molar-refractivity contribution in [2.24, 2.45) is 5.92 Å². The van der Waals surface area contributed by atoms with E-state index in [2.05, 4.69) is 31.2 Å². The van der Waals surface area contributed by atoms with Crippen LogP contribution in [0.5, 0.6) is 0 Å². The maximum Gasteiger partial charge on any atom is 0.308 e. The summed E-state index contributed by atoms with van der Waals surface area (Å²) in [6.45, 7) is 3.57. The molecule has 4 heterocycles. The van der Waals surface area contributed by atoms with E-state index < -0.39 is 0 Å². The summed E-state index contributed by atoms with van der Waals surface area (Å²) in [5.74, 6) is 0.313. The predicted molar refractivity (Wildman–Crippen MR) is 153 cm³/mol. The molecule has 5 aromatic rings. The molecule has 0 radical (unpaired) electrons. The van der Waals surface area contributed by atoms with E-state index in [0.29, 0.717) is 17.1 Å². The number of aromatic nitrogens is 4. The van der Waals surface area contributed by atoms with E-state index in [1.54, 1.807) is 6.20 Å². The highest BCUT2D eigenvalue weighted by atomic mass is 16.5. The van der Waals surface area contributed by atoms with Gasteiger partial charge in [-0.05, 0) is 56.2 Å².